The standard InChI is InChI=1S/C29H68NP2.ClH/c1-11-17-23-31(24-18-12-2,25-19-13-3)29(7,30(8,9)10)32(26-20-14-4,27-21-15-5)28-22-16-6;/h31-32H,11-28H2,1-10H3;1H/q+1;/p-1. The van der Waals surface area contributed by atoms with E-state index in [0.29, 0.717) is 5.02 Å². The maximum absolute atomic E-state index is 2.92. The van der Waals surface area contributed by atoms with Crippen LogP contribution in [-0.4, -0.2) is 67.6 Å². The number of halogens is 1. The van der Waals surface area contributed by atoms with E-state index >= 15 is 0 Å². The number of nitrogens with zero attached hydrogens (tertiary/aromatic N) is 1. The van der Waals surface area contributed by atoms with Gasteiger partial charge in [0.05, 0.1) is 0 Å². The maximum atomic E-state index is 2.92. The van der Waals surface area contributed by atoms with Crippen LogP contribution in [0.3, 0.4) is 0 Å². The third kappa shape index (κ3) is 9.49. The van der Waals surface area contributed by atoms with Crippen LogP contribution in [0.1, 0.15) is 126 Å². The first kappa shape index (κ1) is 36.3. The van der Waals surface area contributed by atoms with Crippen molar-refractivity contribution in [1.82, 2.24) is 0 Å². The molecule has 0 heterocycles. The molecule has 0 aliphatic rings. The van der Waals surface area contributed by atoms with Crippen molar-refractivity contribution < 1.29 is 16.9 Å². The largest absolute Gasteiger partial charge is 1.00 e. The smallest absolute Gasteiger partial charge is 1.00 e. The van der Waals surface area contributed by atoms with Crippen LogP contribution in [0.15, 0.2) is 0 Å². The topological polar surface area (TPSA) is 0 Å². The molecule has 0 aromatic rings. The van der Waals surface area contributed by atoms with E-state index in [4.69, 9.17) is 0 Å². The quantitative estimate of drug-likeness (QED) is 0.115. The monoisotopic (exact) mass is 527 g/mol. The second-order valence-corrected chi connectivity index (χ2v) is 22.8. The van der Waals surface area contributed by atoms with Gasteiger partial charge in [0.1, 0.15) is 0 Å². The van der Waals surface area contributed by atoms with Gasteiger partial charge in [-0.3, -0.25) is 0 Å². The summed E-state index contributed by atoms with van der Waals surface area (Å²) >= 11 is 0. The van der Waals surface area contributed by atoms with Gasteiger partial charge in [-0.05, 0) is 0 Å². The Morgan fingerprint density at radius 3 is 0.758 bits per heavy atom. The van der Waals surface area contributed by atoms with Crippen LogP contribution in [0.25, 0.3) is 0 Å². The Balaban J connectivity index is 0. The minimum absolute atomic E-state index is 0. The van der Waals surface area contributed by atoms with E-state index in [0.717, 1.165) is 0 Å². The Morgan fingerprint density at radius 1 is 0.455 bits per heavy atom. The summed E-state index contributed by atoms with van der Waals surface area (Å²) < 4.78 is 1.25. The van der Waals surface area contributed by atoms with E-state index in [1.54, 1.807) is 37.0 Å². The van der Waals surface area contributed by atoms with E-state index in [1.165, 1.54) is 81.5 Å². The summed E-state index contributed by atoms with van der Waals surface area (Å²) in [5.41, 5.74) is 0. The molecule has 1 nitrogen and oxygen atoms in total. The van der Waals surface area contributed by atoms with Gasteiger partial charge in [0.15, 0.2) is 0 Å². The minimum atomic E-state index is -1.50. The third-order valence-electron chi connectivity index (χ3n) is 9.46. The average Bonchev–Trinajstić information content (AvgIpc) is 2.77. The predicted molar refractivity (Wildman–Crippen MR) is 162 cm³/mol. The van der Waals surface area contributed by atoms with Crippen LogP contribution in [0.2, 0.25) is 0 Å². The van der Waals surface area contributed by atoms with E-state index in [1.807, 2.05) is 0 Å². The van der Waals surface area contributed by atoms with Crippen molar-refractivity contribution in [1.29, 1.82) is 0 Å². The second kappa shape index (κ2) is 18.4. The van der Waals surface area contributed by atoms with Crippen LogP contribution in [0.4, 0.5) is 0 Å². The summed E-state index contributed by atoms with van der Waals surface area (Å²) in [5.74, 6) is 0. The van der Waals surface area contributed by atoms with Gasteiger partial charge in [-0.15, -0.1) is 0 Å². The van der Waals surface area contributed by atoms with E-state index < -0.39 is 14.5 Å². The van der Waals surface area contributed by atoms with Gasteiger partial charge in [-0.25, -0.2) is 0 Å². The summed E-state index contributed by atoms with van der Waals surface area (Å²) in [6.45, 7) is 17.6. The van der Waals surface area contributed by atoms with Crippen molar-refractivity contribution in [3.05, 3.63) is 0 Å². The summed E-state index contributed by atoms with van der Waals surface area (Å²) in [6.07, 6.45) is 26.8. The third-order valence-corrected chi connectivity index (χ3v) is 26.0. The normalized spacial score (nSPS) is 15.7. The van der Waals surface area contributed by atoms with Gasteiger partial charge in [-0.2, -0.15) is 0 Å². The van der Waals surface area contributed by atoms with Crippen molar-refractivity contribution in [2.75, 3.05) is 58.1 Å². The molecule has 0 aromatic carbocycles. The molecule has 0 aromatic heterocycles. The molecule has 0 fully saturated rings. The van der Waals surface area contributed by atoms with E-state index in [-0.39, 0.29) is 12.4 Å². The fraction of sp³-hybridized carbons (Fsp3) is 1.00. The first-order valence-electron chi connectivity index (χ1n) is 14.9. The van der Waals surface area contributed by atoms with Gasteiger partial charge in [0.2, 0.25) is 0 Å². The molecular formula is C29H68ClNP2. The summed E-state index contributed by atoms with van der Waals surface area (Å²) in [5, 5.41) is 0.582. The zero-order valence-electron chi connectivity index (χ0n) is 25.1. The fourth-order valence-corrected chi connectivity index (χ4v) is 27.5. The minimum Gasteiger partial charge on any atom is -1.00 e. The van der Waals surface area contributed by atoms with Crippen LogP contribution in [0, 0.1) is 0 Å². The number of rotatable bonds is 21. The summed E-state index contributed by atoms with van der Waals surface area (Å²) in [7, 11) is 4.91. The molecule has 0 rings (SSSR count). The number of unbranched alkanes of at least 4 members (excludes halogenated alkanes) is 6. The molecule has 0 spiro atoms. The molecule has 0 amide bonds. The number of hydrogen-bond acceptors (Lipinski definition) is 0. The Bertz CT molecular complexity index is 385. The van der Waals surface area contributed by atoms with Crippen molar-refractivity contribution in [2.45, 2.75) is 131 Å². The van der Waals surface area contributed by atoms with Gasteiger partial charge < -0.3 is 12.4 Å². The number of quaternary nitrogens is 1. The molecule has 0 aliphatic heterocycles. The molecule has 33 heavy (non-hydrogen) atoms. The van der Waals surface area contributed by atoms with Crippen LogP contribution < -0.4 is 12.4 Å². The van der Waals surface area contributed by atoms with Crippen molar-refractivity contribution >= 4 is 14.5 Å². The molecule has 0 unspecified atom stereocenters. The molecule has 0 saturated carbocycles. The summed E-state index contributed by atoms with van der Waals surface area (Å²) in [6, 6.07) is 0. The fourth-order valence-electron chi connectivity index (χ4n) is 7.29. The van der Waals surface area contributed by atoms with Crippen molar-refractivity contribution in [3.63, 3.8) is 0 Å². The molecule has 0 atom stereocenters. The Kier molecular flexibility index (Phi) is 20.2. The average molecular weight is 528 g/mol. The molecule has 0 N–H and O–H groups in total. The first-order valence-corrected chi connectivity index (χ1v) is 20.2. The Hall–Kier alpha value is 1.11. The van der Waals surface area contributed by atoms with Crippen LogP contribution >= 0.6 is 14.5 Å². The Morgan fingerprint density at radius 2 is 0.636 bits per heavy atom. The van der Waals surface area contributed by atoms with Gasteiger partial charge >= 0.3 is 208 Å². The molecule has 0 aliphatic carbocycles. The van der Waals surface area contributed by atoms with E-state index in [2.05, 4.69) is 69.6 Å². The van der Waals surface area contributed by atoms with Crippen LogP contribution in [0.5, 0.6) is 0 Å². The SMILES string of the molecule is CCCC[PH](CCCC)(CCCC)C(C)([N+](C)(C)C)[PH](CCCC)(CCCC)CCCC.[Cl-]. The van der Waals surface area contributed by atoms with Crippen molar-refractivity contribution in [3.8, 4) is 0 Å². The molecule has 0 radical (unpaired) electrons. The van der Waals surface area contributed by atoms with E-state index in [9.17, 15) is 0 Å². The molecular weight excluding hydrogens is 460 g/mol. The molecule has 0 saturated heterocycles. The second-order valence-electron chi connectivity index (χ2n) is 12.3. The van der Waals surface area contributed by atoms with Crippen molar-refractivity contribution in [2.24, 2.45) is 0 Å². The van der Waals surface area contributed by atoms with Crippen LogP contribution in [-0.2, 0) is 0 Å². The predicted octanol–water partition coefficient (Wildman–Crippen LogP) is 6.67. The maximum Gasteiger partial charge on any atom is -1.00 e. The van der Waals surface area contributed by atoms with Gasteiger partial charge in [0.25, 0.3) is 0 Å². The summed E-state index contributed by atoms with van der Waals surface area (Å²) in [4.78, 5) is 0. The molecule has 206 valence electrons. The van der Waals surface area contributed by atoms with Gasteiger partial charge in [0, 0.05) is 0 Å². The zero-order chi connectivity index (χ0) is 24.7. The first-order chi connectivity index (χ1) is 15.1. The van der Waals surface area contributed by atoms with Gasteiger partial charge in [-0.1, -0.05) is 0 Å². The Labute approximate surface area is 219 Å². The zero-order valence-corrected chi connectivity index (χ0v) is 27.8. The molecule has 4 heteroatoms. The number of hydrogen-bond donors (Lipinski definition) is 0. The molecule has 0 bridgehead atoms.